The summed E-state index contributed by atoms with van der Waals surface area (Å²) in [6, 6.07) is 0. The molecule has 0 bridgehead atoms. The first-order valence-electron chi connectivity index (χ1n) is 4.34. The molecule has 1 heterocycles. The lowest BCUT2D eigenvalue weighted by molar-refractivity contribution is 0.112. The maximum absolute atomic E-state index is 10.5. The number of unbranched alkanes of at least 4 members (excludes halogenated alkanes) is 1. The van der Waals surface area contributed by atoms with Crippen LogP contribution in [0.4, 0.5) is 0 Å². The fourth-order valence-corrected chi connectivity index (χ4v) is 1.53. The van der Waals surface area contributed by atoms with Crippen molar-refractivity contribution < 1.29 is 9.90 Å². The van der Waals surface area contributed by atoms with Crippen LogP contribution in [0.1, 0.15) is 33.2 Å². The molecule has 0 aliphatic heterocycles. The van der Waals surface area contributed by atoms with Crippen molar-refractivity contribution in [2.24, 2.45) is 0 Å². The molecule has 0 aliphatic carbocycles. The zero-order chi connectivity index (χ0) is 11.1. The summed E-state index contributed by atoms with van der Waals surface area (Å²) in [4.78, 5) is 15.0. The minimum Gasteiger partial charge on any atom is -0.396 e. The average molecular weight is 219 g/mol. The molecule has 3 nitrogen and oxygen atoms in total. The van der Waals surface area contributed by atoms with Crippen molar-refractivity contribution in [1.82, 2.24) is 4.98 Å². The number of rotatable bonds is 3. The van der Waals surface area contributed by atoms with Gasteiger partial charge in [0.25, 0.3) is 0 Å². The number of hydrogen-bond donors (Lipinski definition) is 1. The van der Waals surface area contributed by atoms with E-state index in [4.69, 9.17) is 11.5 Å². The third-order valence-corrected chi connectivity index (χ3v) is 2.45. The third kappa shape index (κ3) is 3.21. The lowest BCUT2D eigenvalue weighted by Crippen LogP contribution is -1.82. The second-order valence-corrected chi connectivity index (χ2v) is 3.65. The first-order valence-corrected chi connectivity index (χ1v) is 5.15. The fraction of sp³-hybridized carbons (Fsp3) is 0.273. The molecule has 0 aliphatic rings. The number of terminal acetylenes is 1. The molecule has 0 atom stereocenters. The van der Waals surface area contributed by atoms with Gasteiger partial charge in [-0.3, -0.25) is 4.79 Å². The van der Waals surface area contributed by atoms with Gasteiger partial charge in [0.1, 0.15) is 10.6 Å². The Balaban J connectivity index is 2.83. The fourth-order valence-electron chi connectivity index (χ4n) is 0.883. The Morgan fingerprint density at radius 2 is 2.40 bits per heavy atom. The van der Waals surface area contributed by atoms with Crippen molar-refractivity contribution in [2.45, 2.75) is 12.8 Å². The maximum atomic E-state index is 10.5. The molecule has 0 amide bonds. The Hall–Kier alpha value is -1.62. The molecule has 0 unspecified atom stereocenters. The Morgan fingerprint density at radius 1 is 1.60 bits per heavy atom. The normalized spacial score (nSPS) is 8.80. The summed E-state index contributed by atoms with van der Waals surface area (Å²) in [5.41, 5.74) is 0.475. The van der Waals surface area contributed by atoms with Crippen LogP contribution in [-0.2, 0) is 0 Å². The van der Waals surface area contributed by atoms with E-state index in [1.165, 1.54) is 0 Å². The highest BCUT2D eigenvalue weighted by Crippen LogP contribution is 2.14. The van der Waals surface area contributed by atoms with Gasteiger partial charge < -0.3 is 5.11 Å². The van der Waals surface area contributed by atoms with E-state index in [1.54, 1.807) is 0 Å². The van der Waals surface area contributed by atoms with E-state index in [0.717, 1.165) is 11.3 Å². The van der Waals surface area contributed by atoms with Gasteiger partial charge in [0.05, 0.1) is 0 Å². The molecule has 0 saturated carbocycles. The maximum Gasteiger partial charge on any atom is 0.178 e. The summed E-state index contributed by atoms with van der Waals surface area (Å²) in [6.45, 7) is 0.118. The molecule has 0 saturated heterocycles. The van der Waals surface area contributed by atoms with Crippen LogP contribution in [0.25, 0.3) is 0 Å². The summed E-state index contributed by atoms with van der Waals surface area (Å²) in [7, 11) is 0. The SMILES string of the molecule is C#Cc1sc(C=O)nc1C#CCCCO. The number of thiazole rings is 1. The number of hydrogen-bond acceptors (Lipinski definition) is 4. The zero-order valence-electron chi connectivity index (χ0n) is 7.99. The largest absolute Gasteiger partial charge is 0.396 e. The highest BCUT2D eigenvalue weighted by molar-refractivity contribution is 7.13. The molecular weight excluding hydrogens is 210 g/mol. The first kappa shape index (κ1) is 11.5. The van der Waals surface area contributed by atoms with Crippen LogP contribution in [0.2, 0.25) is 0 Å². The van der Waals surface area contributed by atoms with E-state index in [-0.39, 0.29) is 6.61 Å². The number of aliphatic hydroxyl groups is 1. The Bertz CT molecular complexity index is 445. The van der Waals surface area contributed by atoms with E-state index >= 15 is 0 Å². The molecule has 76 valence electrons. The van der Waals surface area contributed by atoms with Gasteiger partial charge in [0.15, 0.2) is 11.3 Å². The smallest absolute Gasteiger partial charge is 0.178 e. The first-order chi connectivity index (χ1) is 7.31. The molecule has 0 radical (unpaired) electrons. The predicted octanol–water partition coefficient (Wildman–Crippen LogP) is 1.06. The van der Waals surface area contributed by atoms with Crippen molar-refractivity contribution in [2.75, 3.05) is 6.61 Å². The molecule has 0 fully saturated rings. The van der Waals surface area contributed by atoms with Crippen LogP contribution in [0.3, 0.4) is 0 Å². The molecule has 1 N–H and O–H groups in total. The van der Waals surface area contributed by atoms with Gasteiger partial charge in [0, 0.05) is 13.0 Å². The molecule has 0 aromatic carbocycles. The number of carbonyl (C=O) groups is 1. The van der Waals surface area contributed by atoms with Gasteiger partial charge in [-0.15, -0.1) is 17.8 Å². The number of aromatic nitrogens is 1. The van der Waals surface area contributed by atoms with Crippen LogP contribution in [0.15, 0.2) is 0 Å². The summed E-state index contributed by atoms with van der Waals surface area (Å²) in [6.07, 6.45) is 7.12. The lowest BCUT2D eigenvalue weighted by Gasteiger charge is -1.84. The highest BCUT2D eigenvalue weighted by Gasteiger charge is 2.05. The summed E-state index contributed by atoms with van der Waals surface area (Å²) in [5, 5.41) is 8.89. The molecule has 0 spiro atoms. The Morgan fingerprint density at radius 3 is 3.00 bits per heavy atom. The molecule has 1 aromatic heterocycles. The molecule has 1 rings (SSSR count). The van der Waals surface area contributed by atoms with Crippen LogP contribution in [0, 0.1) is 24.2 Å². The molecule has 15 heavy (non-hydrogen) atoms. The Kier molecular flexibility index (Phi) is 4.56. The number of nitrogens with zero attached hydrogens (tertiary/aromatic N) is 1. The van der Waals surface area contributed by atoms with Gasteiger partial charge in [-0.2, -0.15) is 0 Å². The van der Waals surface area contributed by atoms with Crippen molar-refractivity contribution in [1.29, 1.82) is 0 Å². The van der Waals surface area contributed by atoms with Crippen LogP contribution in [0.5, 0.6) is 0 Å². The van der Waals surface area contributed by atoms with Gasteiger partial charge in [0.2, 0.25) is 0 Å². The van der Waals surface area contributed by atoms with E-state index in [9.17, 15) is 4.79 Å². The monoisotopic (exact) mass is 219 g/mol. The average Bonchev–Trinajstić information content (AvgIpc) is 2.67. The van der Waals surface area contributed by atoms with Gasteiger partial charge in [-0.25, -0.2) is 4.98 Å². The second kappa shape index (κ2) is 5.98. The Labute approximate surface area is 92.2 Å². The molecule has 1 aromatic rings. The van der Waals surface area contributed by atoms with E-state index in [2.05, 4.69) is 22.7 Å². The minimum absolute atomic E-state index is 0.118. The van der Waals surface area contributed by atoms with Gasteiger partial charge in [-0.05, 0) is 12.3 Å². The minimum atomic E-state index is 0.118. The lowest BCUT2D eigenvalue weighted by atomic mass is 10.3. The van der Waals surface area contributed by atoms with Crippen molar-refractivity contribution in [3.63, 3.8) is 0 Å². The summed E-state index contributed by atoms with van der Waals surface area (Å²) >= 11 is 1.16. The van der Waals surface area contributed by atoms with E-state index in [0.29, 0.717) is 34.7 Å². The molecular formula is C11H9NO2S. The van der Waals surface area contributed by atoms with Gasteiger partial charge >= 0.3 is 0 Å². The van der Waals surface area contributed by atoms with Crippen molar-refractivity contribution in [3.05, 3.63) is 15.6 Å². The van der Waals surface area contributed by atoms with Crippen LogP contribution in [-0.4, -0.2) is 23.0 Å². The predicted molar refractivity (Wildman–Crippen MR) is 58.6 cm³/mol. The third-order valence-electron chi connectivity index (χ3n) is 1.54. The summed E-state index contributed by atoms with van der Waals surface area (Å²) < 4.78 is 0. The van der Waals surface area contributed by atoms with Crippen LogP contribution >= 0.6 is 11.3 Å². The van der Waals surface area contributed by atoms with E-state index in [1.807, 2.05) is 0 Å². The molecule has 4 heteroatoms. The summed E-state index contributed by atoms with van der Waals surface area (Å²) in [5.74, 6) is 8.06. The quantitative estimate of drug-likeness (QED) is 0.470. The topological polar surface area (TPSA) is 50.2 Å². The highest BCUT2D eigenvalue weighted by atomic mass is 32.1. The van der Waals surface area contributed by atoms with Crippen LogP contribution < -0.4 is 0 Å². The van der Waals surface area contributed by atoms with Crippen molar-refractivity contribution >= 4 is 17.6 Å². The van der Waals surface area contributed by atoms with Gasteiger partial charge in [-0.1, -0.05) is 11.8 Å². The standard InChI is InChI=1S/C11H9NO2S/c1-2-10-9(6-4-3-5-7-13)12-11(8-14)15-10/h1,8,13H,3,5,7H2. The van der Waals surface area contributed by atoms with Crippen molar-refractivity contribution in [3.8, 4) is 24.2 Å². The second-order valence-electron chi connectivity index (χ2n) is 2.62. The number of aldehydes is 1. The number of carbonyl (C=O) groups excluding carboxylic acids is 1. The number of aliphatic hydroxyl groups excluding tert-OH is 1. The zero-order valence-corrected chi connectivity index (χ0v) is 8.80. The van der Waals surface area contributed by atoms with E-state index < -0.39 is 0 Å².